The van der Waals surface area contributed by atoms with E-state index in [2.05, 4.69) is 0 Å². The fourth-order valence-corrected chi connectivity index (χ4v) is 2.34. The minimum atomic E-state index is -0.628. The van der Waals surface area contributed by atoms with Gasteiger partial charge in [0.15, 0.2) is 6.29 Å². The number of nitro groups is 1. The van der Waals surface area contributed by atoms with Crippen molar-refractivity contribution in [3.8, 4) is 5.75 Å². The maximum Gasteiger partial charge on any atom is 0.433 e. The molecule has 0 amide bonds. The van der Waals surface area contributed by atoms with Crippen LogP contribution in [-0.4, -0.2) is 11.2 Å². The normalized spacial score (nSPS) is 11.2. The molecule has 0 N–H and O–H groups in total. The van der Waals surface area contributed by atoms with Crippen LogP contribution in [0.15, 0.2) is 71.1 Å². The highest BCUT2D eigenvalue weighted by Gasteiger charge is 2.11. The molecule has 0 atom stereocenters. The Labute approximate surface area is 149 Å². The van der Waals surface area contributed by atoms with E-state index in [4.69, 9.17) is 9.15 Å². The molecule has 0 fully saturated rings. The van der Waals surface area contributed by atoms with Crippen molar-refractivity contribution < 1.29 is 18.9 Å². The molecule has 2 aromatic carbocycles. The summed E-state index contributed by atoms with van der Waals surface area (Å²) in [6.07, 6.45) is 2.13. The lowest BCUT2D eigenvalue weighted by Gasteiger charge is -2.07. The molecule has 0 aliphatic rings. The topological polar surface area (TPSA) is 82.6 Å². The van der Waals surface area contributed by atoms with Crippen molar-refractivity contribution in [2.45, 2.75) is 6.61 Å². The Hall–Kier alpha value is -3.67. The molecule has 0 aliphatic carbocycles. The van der Waals surface area contributed by atoms with E-state index >= 15 is 0 Å². The van der Waals surface area contributed by atoms with Crippen LogP contribution in [0, 0.1) is 10.1 Å². The van der Waals surface area contributed by atoms with Gasteiger partial charge in [-0.3, -0.25) is 14.9 Å². The lowest BCUT2D eigenvalue weighted by molar-refractivity contribution is -0.402. The first-order chi connectivity index (χ1) is 12.7. The van der Waals surface area contributed by atoms with Crippen molar-refractivity contribution in [3.05, 3.63) is 93.7 Å². The number of rotatable bonds is 7. The highest BCUT2D eigenvalue weighted by molar-refractivity contribution is 6.13. The first kappa shape index (κ1) is 17.2. The minimum Gasteiger partial charge on any atom is -0.489 e. The van der Waals surface area contributed by atoms with Gasteiger partial charge in [0.2, 0.25) is 0 Å². The summed E-state index contributed by atoms with van der Waals surface area (Å²) in [5.41, 5.74) is 2.07. The lowest BCUT2D eigenvalue weighted by Crippen LogP contribution is -1.95. The number of furan rings is 1. The van der Waals surface area contributed by atoms with Crippen LogP contribution in [0.25, 0.3) is 11.6 Å². The average Bonchev–Trinajstić information content (AvgIpc) is 3.15. The molecule has 0 unspecified atom stereocenters. The Morgan fingerprint density at radius 2 is 1.77 bits per heavy atom. The van der Waals surface area contributed by atoms with E-state index in [1.807, 2.05) is 30.3 Å². The molecule has 0 aliphatic heterocycles. The zero-order valence-corrected chi connectivity index (χ0v) is 13.7. The fraction of sp³-hybridized carbons (Fsp3) is 0.0500. The molecule has 6 nitrogen and oxygen atoms in total. The van der Waals surface area contributed by atoms with Gasteiger partial charge >= 0.3 is 5.88 Å². The summed E-state index contributed by atoms with van der Waals surface area (Å²) in [6.45, 7) is 0.451. The largest absolute Gasteiger partial charge is 0.489 e. The monoisotopic (exact) mass is 349 g/mol. The highest BCUT2D eigenvalue weighted by Crippen LogP contribution is 2.23. The number of hydrogen-bond acceptors (Lipinski definition) is 5. The van der Waals surface area contributed by atoms with Gasteiger partial charge in [0.1, 0.15) is 23.0 Å². The zero-order valence-electron chi connectivity index (χ0n) is 13.7. The van der Waals surface area contributed by atoms with Crippen LogP contribution in [0.4, 0.5) is 5.88 Å². The number of carbonyl (C=O) groups excluding carboxylic acids is 1. The first-order valence-electron chi connectivity index (χ1n) is 7.84. The second-order valence-corrected chi connectivity index (χ2v) is 5.45. The molecule has 3 rings (SSSR count). The SMILES string of the molecule is O=C/C(=C\c1ccc([N+](=O)[O-])o1)c1ccc(OCc2ccccc2)cc1. The number of allylic oxidation sites excluding steroid dienone is 1. The van der Waals surface area contributed by atoms with Gasteiger partial charge < -0.3 is 9.15 Å². The predicted octanol–water partition coefficient (Wildman–Crippen LogP) is 4.51. The van der Waals surface area contributed by atoms with Crippen molar-refractivity contribution in [1.29, 1.82) is 0 Å². The molecule has 6 heteroatoms. The minimum absolute atomic E-state index is 0.239. The van der Waals surface area contributed by atoms with E-state index in [1.54, 1.807) is 24.3 Å². The summed E-state index contributed by atoms with van der Waals surface area (Å²) in [5.74, 6) is 0.547. The molecular weight excluding hydrogens is 334 g/mol. The zero-order chi connectivity index (χ0) is 18.4. The Morgan fingerprint density at radius 3 is 2.38 bits per heavy atom. The molecule has 0 spiro atoms. The van der Waals surface area contributed by atoms with E-state index < -0.39 is 4.92 Å². The smallest absolute Gasteiger partial charge is 0.433 e. The molecular formula is C20H15NO5. The van der Waals surface area contributed by atoms with E-state index in [1.165, 1.54) is 18.2 Å². The Morgan fingerprint density at radius 1 is 1.04 bits per heavy atom. The van der Waals surface area contributed by atoms with Crippen LogP contribution in [0.3, 0.4) is 0 Å². The highest BCUT2D eigenvalue weighted by atomic mass is 16.6. The molecule has 1 aromatic heterocycles. The molecule has 0 bridgehead atoms. The number of aldehydes is 1. The average molecular weight is 349 g/mol. The van der Waals surface area contributed by atoms with Gasteiger partial charge in [-0.25, -0.2) is 0 Å². The van der Waals surface area contributed by atoms with E-state index in [9.17, 15) is 14.9 Å². The maximum absolute atomic E-state index is 11.4. The van der Waals surface area contributed by atoms with Gasteiger partial charge in [0, 0.05) is 5.57 Å². The lowest BCUT2D eigenvalue weighted by atomic mass is 10.1. The van der Waals surface area contributed by atoms with E-state index in [0.29, 0.717) is 29.8 Å². The third-order valence-corrected chi connectivity index (χ3v) is 3.65. The predicted molar refractivity (Wildman–Crippen MR) is 96.5 cm³/mol. The van der Waals surface area contributed by atoms with Crippen LogP contribution >= 0.6 is 0 Å². The van der Waals surface area contributed by atoms with Crippen LogP contribution in [0.2, 0.25) is 0 Å². The second kappa shape index (κ2) is 7.94. The summed E-state index contributed by atoms with van der Waals surface area (Å²) in [4.78, 5) is 21.4. The van der Waals surface area contributed by atoms with Crippen LogP contribution in [0.1, 0.15) is 16.9 Å². The standard InChI is InChI=1S/C20H15NO5/c22-13-17(12-19-10-11-20(26-19)21(23)24)16-6-8-18(9-7-16)25-14-15-4-2-1-3-5-15/h1-13H,14H2/b17-12+. The van der Waals surface area contributed by atoms with Crippen molar-refractivity contribution >= 4 is 23.8 Å². The van der Waals surface area contributed by atoms with Crippen LogP contribution < -0.4 is 4.74 Å². The molecule has 0 radical (unpaired) electrons. The van der Waals surface area contributed by atoms with E-state index in [0.717, 1.165) is 5.56 Å². The van der Waals surface area contributed by atoms with Crippen molar-refractivity contribution in [3.63, 3.8) is 0 Å². The van der Waals surface area contributed by atoms with Gasteiger partial charge in [-0.05, 0) is 35.4 Å². The number of benzene rings is 2. The summed E-state index contributed by atoms with van der Waals surface area (Å²) in [6, 6.07) is 19.5. The number of ether oxygens (including phenoxy) is 1. The van der Waals surface area contributed by atoms with Gasteiger partial charge in [0.05, 0.1) is 6.07 Å². The molecule has 3 aromatic rings. The Balaban J connectivity index is 1.71. The first-order valence-corrected chi connectivity index (χ1v) is 7.84. The van der Waals surface area contributed by atoms with Gasteiger partial charge in [-0.1, -0.05) is 42.5 Å². The molecule has 0 saturated heterocycles. The molecule has 1 heterocycles. The van der Waals surface area contributed by atoms with Crippen molar-refractivity contribution in [2.24, 2.45) is 0 Å². The number of nitrogens with zero attached hydrogens (tertiary/aromatic N) is 1. The van der Waals surface area contributed by atoms with Crippen molar-refractivity contribution in [2.75, 3.05) is 0 Å². The van der Waals surface area contributed by atoms with Gasteiger partial charge in [0.25, 0.3) is 0 Å². The van der Waals surface area contributed by atoms with Gasteiger partial charge in [-0.2, -0.15) is 0 Å². The summed E-state index contributed by atoms with van der Waals surface area (Å²) in [7, 11) is 0. The van der Waals surface area contributed by atoms with Gasteiger partial charge in [-0.15, -0.1) is 0 Å². The fourth-order valence-electron chi connectivity index (χ4n) is 2.34. The molecule has 26 heavy (non-hydrogen) atoms. The van der Waals surface area contributed by atoms with Crippen LogP contribution in [0.5, 0.6) is 5.75 Å². The van der Waals surface area contributed by atoms with E-state index in [-0.39, 0.29) is 11.6 Å². The molecule has 0 saturated carbocycles. The quantitative estimate of drug-likeness (QED) is 0.271. The number of hydrogen-bond donors (Lipinski definition) is 0. The Bertz CT molecular complexity index is 926. The second-order valence-electron chi connectivity index (χ2n) is 5.45. The summed E-state index contributed by atoms with van der Waals surface area (Å²) < 4.78 is 10.8. The summed E-state index contributed by atoms with van der Waals surface area (Å²) in [5, 5.41) is 10.6. The third kappa shape index (κ3) is 4.24. The van der Waals surface area contributed by atoms with Crippen LogP contribution in [-0.2, 0) is 11.4 Å². The van der Waals surface area contributed by atoms with Crippen molar-refractivity contribution in [1.82, 2.24) is 0 Å². The maximum atomic E-state index is 11.4. The molecule has 130 valence electrons. The summed E-state index contributed by atoms with van der Waals surface area (Å²) >= 11 is 0. The third-order valence-electron chi connectivity index (χ3n) is 3.65. The Kier molecular flexibility index (Phi) is 5.24. The number of carbonyl (C=O) groups is 1.